The molecule has 0 aliphatic carbocycles. The van der Waals surface area contributed by atoms with Gasteiger partial charge in [-0.3, -0.25) is 28.5 Å². The van der Waals surface area contributed by atoms with Crippen LogP contribution in [0.15, 0.2) is 15.8 Å². The van der Waals surface area contributed by atoms with Gasteiger partial charge in [0.25, 0.3) is 5.56 Å². The van der Waals surface area contributed by atoms with E-state index in [9.17, 15) is 23.7 Å². The number of carbonyl (C=O) groups excluding carboxylic acids is 1. The van der Waals surface area contributed by atoms with E-state index in [4.69, 9.17) is 28.4 Å². The van der Waals surface area contributed by atoms with E-state index in [1.165, 1.54) is 20.2 Å². The molecular formula is C21H33N2O11P. The Kier molecular flexibility index (Phi) is 10.4. The number of ether oxygens (including phenoxy) is 3. The lowest BCUT2D eigenvalue weighted by molar-refractivity contribution is -0.159. The van der Waals surface area contributed by atoms with Crippen LogP contribution < -0.4 is 11.2 Å². The Labute approximate surface area is 202 Å². The van der Waals surface area contributed by atoms with Gasteiger partial charge in [-0.15, -0.1) is 0 Å². The number of nitrogens with one attached hydrogen (secondary N) is 1. The third kappa shape index (κ3) is 7.34. The summed E-state index contributed by atoms with van der Waals surface area (Å²) < 4.78 is 42.2. The normalized spacial score (nSPS) is 23.2. The van der Waals surface area contributed by atoms with Crippen LogP contribution in [0.25, 0.3) is 0 Å². The topological polar surface area (TPSA) is 172 Å². The summed E-state index contributed by atoms with van der Waals surface area (Å²) in [7, 11) is -2.18. The number of rotatable bonds is 13. The van der Waals surface area contributed by atoms with Crippen LogP contribution in [-0.4, -0.2) is 71.4 Å². The molecule has 1 fully saturated rings. The van der Waals surface area contributed by atoms with Crippen molar-refractivity contribution in [1.29, 1.82) is 0 Å². The summed E-state index contributed by atoms with van der Waals surface area (Å²) in [6.07, 6.45) is -3.71. The second kappa shape index (κ2) is 12.6. The van der Waals surface area contributed by atoms with E-state index in [0.717, 1.165) is 4.57 Å². The fourth-order valence-corrected chi connectivity index (χ4v) is 5.90. The molecule has 0 aromatic carbocycles. The van der Waals surface area contributed by atoms with Gasteiger partial charge in [-0.1, -0.05) is 6.92 Å². The van der Waals surface area contributed by atoms with Crippen molar-refractivity contribution in [2.45, 2.75) is 65.1 Å². The first-order chi connectivity index (χ1) is 16.5. The molecule has 2 rings (SSSR count). The largest absolute Gasteiger partial charge is 0.481 e. The molecule has 0 saturated carbocycles. The van der Waals surface area contributed by atoms with Crippen molar-refractivity contribution in [2.75, 3.05) is 26.5 Å². The van der Waals surface area contributed by atoms with E-state index in [-0.39, 0.29) is 31.4 Å². The van der Waals surface area contributed by atoms with E-state index in [1.807, 2.05) is 0 Å². The minimum absolute atomic E-state index is 0.0781. The summed E-state index contributed by atoms with van der Waals surface area (Å²) >= 11 is 0. The van der Waals surface area contributed by atoms with Crippen LogP contribution in [0, 0.1) is 12.8 Å². The summed E-state index contributed by atoms with van der Waals surface area (Å²) in [6.45, 7) is 6.87. The number of carboxylic acid groups (broad SMARTS) is 1. The maximum absolute atomic E-state index is 13.1. The van der Waals surface area contributed by atoms with Gasteiger partial charge in [0.05, 0.1) is 32.2 Å². The van der Waals surface area contributed by atoms with Crippen molar-refractivity contribution in [3.8, 4) is 0 Å². The van der Waals surface area contributed by atoms with Crippen LogP contribution in [0.2, 0.25) is 0 Å². The lowest BCUT2D eigenvalue weighted by Crippen LogP contribution is -2.42. The third-order valence-electron chi connectivity index (χ3n) is 5.45. The highest BCUT2D eigenvalue weighted by atomic mass is 31.2. The minimum Gasteiger partial charge on any atom is -0.481 e. The second-order valence-corrected chi connectivity index (χ2v) is 10.2. The SMILES string of the molecule is CCOP(=O)(C[C@@H](C)[C@H]1O[C@@H](n2cc(C)c(=O)[nH]c2=O)[C@H](OC)[C@@H]1OC(=O)CCC(=O)O)OCC. The summed E-state index contributed by atoms with van der Waals surface area (Å²) in [5, 5.41) is 8.88. The predicted molar refractivity (Wildman–Crippen MR) is 122 cm³/mol. The van der Waals surface area contributed by atoms with Gasteiger partial charge in [-0.2, -0.15) is 0 Å². The van der Waals surface area contributed by atoms with Crippen LogP contribution >= 0.6 is 7.60 Å². The maximum Gasteiger partial charge on any atom is 0.331 e. The van der Waals surface area contributed by atoms with E-state index >= 15 is 0 Å². The summed E-state index contributed by atoms with van der Waals surface area (Å²) in [5.41, 5.74) is -1.08. The molecule has 1 aliphatic rings. The number of H-pyrrole nitrogens is 1. The van der Waals surface area contributed by atoms with Gasteiger partial charge < -0.3 is 28.4 Å². The van der Waals surface area contributed by atoms with Gasteiger partial charge in [0.1, 0.15) is 12.2 Å². The Morgan fingerprint density at radius 1 is 1.20 bits per heavy atom. The fourth-order valence-electron chi connectivity index (χ4n) is 3.92. The maximum atomic E-state index is 13.1. The van der Waals surface area contributed by atoms with Gasteiger partial charge in [0.2, 0.25) is 0 Å². The Morgan fingerprint density at radius 2 is 1.83 bits per heavy atom. The number of aryl methyl sites for hydroxylation is 1. The summed E-state index contributed by atoms with van der Waals surface area (Å²) in [5.74, 6) is -2.54. The molecule has 1 aromatic heterocycles. The number of methoxy groups -OCH3 is 1. The van der Waals surface area contributed by atoms with Gasteiger partial charge in [0, 0.05) is 18.9 Å². The molecule has 2 N–H and O–H groups in total. The number of hydrogen-bond acceptors (Lipinski definition) is 10. The predicted octanol–water partition coefficient (Wildman–Crippen LogP) is 1.44. The molecule has 0 bridgehead atoms. The molecule has 2 heterocycles. The van der Waals surface area contributed by atoms with E-state index in [2.05, 4.69) is 4.98 Å². The first kappa shape index (κ1) is 28.9. The van der Waals surface area contributed by atoms with E-state index < -0.39 is 67.7 Å². The zero-order valence-corrected chi connectivity index (χ0v) is 21.3. The van der Waals surface area contributed by atoms with Gasteiger partial charge in [-0.25, -0.2) is 4.79 Å². The lowest BCUT2D eigenvalue weighted by Gasteiger charge is -2.28. The number of esters is 1. The highest BCUT2D eigenvalue weighted by Gasteiger charge is 2.51. The molecule has 1 aromatic rings. The molecule has 0 amide bonds. The lowest BCUT2D eigenvalue weighted by atomic mass is 9.99. The Morgan fingerprint density at radius 3 is 2.37 bits per heavy atom. The Balaban J connectivity index is 2.43. The van der Waals surface area contributed by atoms with Crippen molar-refractivity contribution in [2.24, 2.45) is 5.92 Å². The number of aromatic nitrogens is 2. The van der Waals surface area contributed by atoms with Crippen LogP contribution in [0.3, 0.4) is 0 Å². The van der Waals surface area contributed by atoms with E-state index in [0.29, 0.717) is 0 Å². The first-order valence-corrected chi connectivity index (χ1v) is 13.0. The zero-order valence-electron chi connectivity index (χ0n) is 20.4. The van der Waals surface area contributed by atoms with Crippen LogP contribution in [0.5, 0.6) is 0 Å². The van der Waals surface area contributed by atoms with Crippen LogP contribution in [-0.2, 0) is 37.4 Å². The number of carboxylic acids is 1. The fraction of sp³-hybridized carbons (Fsp3) is 0.714. The van der Waals surface area contributed by atoms with E-state index in [1.54, 1.807) is 20.8 Å². The van der Waals surface area contributed by atoms with Crippen molar-refractivity contribution in [3.63, 3.8) is 0 Å². The minimum atomic E-state index is -3.51. The average Bonchev–Trinajstić information content (AvgIpc) is 3.12. The molecular weight excluding hydrogens is 487 g/mol. The molecule has 1 saturated heterocycles. The monoisotopic (exact) mass is 520 g/mol. The molecule has 0 spiro atoms. The number of aliphatic carboxylic acids is 1. The smallest absolute Gasteiger partial charge is 0.331 e. The zero-order chi connectivity index (χ0) is 26.3. The number of nitrogens with zero attached hydrogens (tertiary/aromatic N) is 1. The first-order valence-electron chi connectivity index (χ1n) is 11.3. The van der Waals surface area contributed by atoms with Crippen molar-refractivity contribution in [3.05, 3.63) is 32.6 Å². The van der Waals surface area contributed by atoms with Crippen molar-refractivity contribution >= 4 is 19.5 Å². The third-order valence-corrected chi connectivity index (χ3v) is 7.78. The number of aromatic amines is 1. The van der Waals surface area contributed by atoms with Gasteiger partial charge in [-0.05, 0) is 26.7 Å². The highest BCUT2D eigenvalue weighted by molar-refractivity contribution is 7.53. The van der Waals surface area contributed by atoms with Crippen molar-refractivity contribution < 1.29 is 42.5 Å². The van der Waals surface area contributed by atoms with Crippen molar-refractivity contribution in [1.82, 2.24) is 9.55 Å². The average molecular weight is 520 g/mol. The van der Waals surface area contributed by atoms with Crippen LogP contribution in [0.1, 0.15) is 45.4 Å². The quantitative estimate of drug-likeness (QED) is 0.285. The van der Waals surface area contributed by atoms with Gasteiger partial charge in [0.15, 0.2) is 12.3 Å². The molecule has 0 unspecified atom stereocenters. The number of carbonyl (C=O) groups is 2. The molecule has 35 heavy (non-hydrogen) atoms. The molecule has 13 nitrogen and oxygen atoms in total. The standard InChI is InChI=1S/C21H33N2O11P/c1-6-31-35(29,32-7-2)11-13(4)16-17(33-15(26)9-8-14(24)25)18(30-5)20(34-16)23-10-12(3)19(27)22-21(23)28/h10,13,16-18,20H,6-9,11H2,1-5H3,(H,24,25)(H,22,27,28)/t13-,16-,17-,18-,20-/m1/s1. The molecule has 1 aliphatic heterocycles. The Hall–Kier alpha value is -2.31. The summed E-state index contributed by atoms with van der Waals surface area (Å²) in [6, 6.07) is 0. The number of hydrogen-bond donors (Lipinski definition) is 2. The summed E-state index contributed by atoms with van der Waals surface area (Å²) in [4.78, 5) is 49.8. The van der Waals surface area contributed by atoms with Crippen LogP contribution in [0.4, 0.5) is 0 Å². The molecule has 5 atom stereocenters. The molecule has 198 valence electrons. The second-order valence-electron chi connectivity index (χ2n) is 8.12. The Bertz CT molecular complexity index is 1040. The van der Waals surface area contributed by atoms with Gasteiger partial charge >= 0.3 is 25.2 Å². The molecule has 14 heteroatoms. The molecule has 0 radical (unpaired) electrons. The highest BCUT2D eigenvalue weighted by Crippen LogP contribution is 2.51.